The van der Waals surface area contributed by atoms with Gasteiger partial charge in [0.15, 0.2) is 0 Å². The Kier molecular flexibility index (Phi) is 3.62. The zero-order valence-corrected chi connectivity index (χ0v) is 13.0. The fourth-order valence-corrected chi connectivity index (χ4v) is 4.95. The maximum Gasteiger partial charge on any atom is 0.241 e. The van der Waals surface area contributed by atoms with E-state index in [-0.39, 0.29) is 22.9 Å². The lowest BCUT2D eigenvalue weighted by Gasteiger charge is -2.32. The molecule has 3 nitrogen and oxygen atoms in total. The number of thiophene rings is 1. The molecule has 3 atom stereocenters. The summed E-state index contributed by atoms with van der Waals surface area (Å²) in [6.07, 6.45) is 2.55. The Labute approximate surface area is 122 Å². The lowest BCUT2D eigenvalue weighted by molar-refractivity contribution is -0.130. The molecule has 2 saturated heterocycles. The molecule has 3 heterocycles. The third kappa shape index (κ3) is 2.56. The Morgan fingerprint density at radius 1 is 1.58 bits per heavy atom. The Hall–Kier alpha value is -0.520. The topological polar surface area (TPSA) is 32.3 Å². The van der Waals surface area contributed by atoms with Gasteiger partial charge >= 0.3 is 0 Å². The van der Waals surface area contributed by atoms with Crippen LogP contribution in [-0.2, 0) is 4.79 Å². The van der Waals surface area contributed by atoms with Gasteiger partial charge in [-0.05, 0) is 54.8 Å². The van der Waals surface area contributed by atoms with Gasteiger partial charge in [-0.2, -0.15) is 23.1 Å². The van der Waals surface area contributed by atoms with Crippen molar-refractivity contribution in [3.8, 4) is 0 Å². The number of carbonyl (C=O) groups is 1. The summed E-state index contributed by atoms with van der Waals surface area (Å²) in [4.78, 5) is 14.4. The van der Waals surface area contributed by atoms with Crippen molar-refractivity contribution in [3.05, 3.63) is 22.4 Å². The van der Waals surface area contributed by atoms with Crippen molar-refractivity contribution < 1.29 is 4.79 Å². The highest BCUT2D eigenvalue weighted by atomic mass is 32.2. The van der Waals surface area contributed by atoms with Crippen molar-refractivity contribution in [1.29, 1.82) is 0 Å². The van der Waals surface area contributed by atoms with E-state index in [1.54, 1.807) is 11.3 Å². The minimum atomic E-state index is -0.0695. The van der Waals surface area contributed by atoms with Crippen LogP contribution in [0, 0.1) is 0 Å². The van der Waals surface area contributed by atoms with Crippen LogP contribution in [0.15, 0.2) is 16.8 Å². The van der Waals surface area contributed by atoms with Crippen LogP contribution in [0.4, 0.5) is 0 Å². The summed E-state index contributed by atoms with van der Waals surface area (Å²) < 4.78 is 0.232. The van der Waals surface area contributed by atoms with E-state index >= 15 is 0 Å². The highest BCUT2D eigenvalue weighted by Crippen LogP contribution is 2.40. The van der Waals surface area contributed by atoms with E-state index < -0.39 is 0 Å². The number of amides is 1. The minimum Gasteiger partial charge on any atom is -0.320 e. The zero-order valence-electron chi connectivity index (χ0n) is 11.4. The van der Waals surface area contributed by atoms with Crippen molar-refractivity contribution >= 4 is 29.0 Å². The van der Waals surface area contributed by atoms with Crippen molar-refractivity contribution in [1.82, 2.24) is 10.2 Å². The monoisotopic (exact) mass is 296 g/mol. The molecule has 3 unspecified atom stereocenters. The number of nitrogens with zero attached hydrogens (tertiary/aromatic N) is 1. The Balaban J connectivity index is 1.81. The van der Waals surface area contributed by atoms with Crippen LogP contribution in [0.25, 0.3) is 0 Å². The highest BCUT2D eigenvalue weighted by Gasteiger charge is 2.42. The lowest BCUT2D eigenvalue weighted by atomic mass is 10.0. The van der Waals surface area contributed by atoms with E-state index in [1.165, 1.54) is 24.2 Å². The molecular formula is C14H20N2OS2. The third-order valence-corrected chi connectivity index (χ3v) is 6.26. The van der Waals surface area contributed by atoms with Crippen molar-refractivity contribution in [2.75, 3.05) is 12.3 Å². The maximum atomic E-state index is 12.4. The average Bonchev–Trinajstić information content (AvgIpc) is 3.08. The molecule has 3 rings (SSSR count). The van der Waals surface area contributed by atoms with Gasteiger partial charge in [0, 0.05) is 11.3 Å². The molecule has 1 amide bonds. The summed E-state index contributed by atoms with van der Waals surface area (Å²) in [5.74, 6) is 1.47. The fraction of sp³-hybridized carbons (Fsp3) is 0.643. The largest absolute Gasteiger partial charge is 0.320 e. The zero-order chi connectivity index (χ0) is 13.5. The predicted octanol–water partition coefficient (Wildman–Crippen LogP) is 2.85. The highest BCUT2D eigenvalue weighted by molar-refractivity contribution is 8.00. The van der Waals surface area contributed by atoms with Gasteiger partial charge < -0.3 is 4.90 Å². The van der Waals surface area contributed by atoms with Crippen LogP contribution in [0.3, 0.4) is 0 Å². The Bertz CT molecular complexity index is 454. The van der Waals surface area contributed by atoms with Crippen LogP contribution >= 0.6 is 23.1 Å². The van der Waals surface area contributed by atoms with Crippen LogP contribution < -0.4 is 5.32 Å². The van der Waals surface area contributed by atoms with E-state index in [9.17, 15) is 4.79 Å². The van der Waals surface area contributed by atoms with E-state index in [4.69, 9.17) is 0 Å². The first-order chi connectivity index (χ1) is 9.09. The molecule has 0 saturated carbocycles. The number of hydrogen-bond acceptors (Lipinski definition) is 4. The first-order valence-electron chi connectivity index (χ1n) is 6.82. The van der Waals surface area contributed by atoms with E-state index in [0.717, 1.165) is 6.54 Å². The molecule has 0 spiro atoms. The first-order valence-corrected chi connectivity index (χ1v) is 8.74. The van der Waals surface area contributed by atoms with E-state index in [1.807, 2.05) is 23.6 Å². The van der Waals surface area contributed by atoms with Crippen LogP contribution in [-0.4, -0.2) is 33.9 Å². The molecule has 0 aromatic carbocycles. The quantitative estimate of drug-likeness (QED) is 0.931. The van der Waals surface area contributed by atoms with Crippen molar-refractivity contribution in [2.45, 2.75) is 43.6 Å². The second-order valence-electron chi connectivity index (χ2n) is 5.72. The molecule has 1 aromatic rings. The smallest absolute Gasteiger partial charge is 0.241 e. The molecule has 0 radical (unpaired) electrons. The molecule has 19 heavy (non-hydrogen) atoms. The average molecular weight is 296 g/mol. The Morgan fingerprint density at radius 2 is 2.42 bits per heavy atom. The number of rotatable bonds is 3. The summed E-state index contributed by atoms with van der Waals surface area (Å²) in [7, 11) is 0. The fourth-order valence-electron chi connectivity index (χ4n) is 2.97. The summed E-state index contributed by atoms with van der Waals surface area (Å²) in [6, 6.07) is 2.05. The standard InChI is InChI=1S/C14H20N2OS2/c1-10-13(17)16(9-14(2)5-3-6-19-14)12(15-10)11-4-7-18-8-11/h4,7-8,10,12,15H,3,5-6,9H2,1-2H3. The van der Waals surface area contributed by atoms with Gasteiger partial charge in [0.2, 0.25) is 5.91 Å². The van der Waals surface area contributed by atoms with Gasteiger partial charge in [0.05, 0.1) is 6.04 Å². The number of carbonyl (C=O) groups excluding carboxylic acids is 1. The molecule has 2 aliphatic rings. The van der Waals surface area contributed by atoms with Gasteiger partial charge in [-0.15, -0.1) is 0 Å². The summed E-state index contributed by atoms with van der Waals surface area (Å²) in [5.41, 5.74) is 1.22. The van der Waals surface area contributed by atoms with Gasteiger partial charge in [0.25, 0.3) is 0 Å². The number of hydrogen-bond donors (Lipinski definition) is 1. The van der Waals surface area contributed by atoms with Crippen LogP contribution in [0.2, 0.25) is 0 Å². The lowest BCUT2D eigenvalue weighted by Crippen LogP contribution is -2.40. The van der Waals surface area contributed by atoms with Gasteiger partial charge in [-0.3, -0.25) is 10.1 Å². The van der Waals surface area contributed by atoms with Crippen LogP contribution in [0.5, 0.6) is 0 Å². The third-order valence-electron chi connectivity index (χ3n) is 4.04. The molecule has 1 N–H and O–H groups in total. The van der Waals surface area contributed by atoms with Crippen LogP contribution in [0.1, 0.15) is 38.4 Å². The SMILES string of the molecule is CC1NC(c2ccsc2)N(CC2(C)CCCS2)C1=O. The normalized spacial score (nSPS) is 35.3. The number of thioether (sulfide) groups is 1. The van der Waals surface area contributed by atoms with Gasteiger partial charge in [0.1, 0.15) is 6.17 Å². The number of nitrogens with one attached hydrogen (secondary N) is 1. The molecular weight excluding hydrogens is 276 g/mol. The molecule has 104 valence electrons. The molecule has 2 aliphatic heterocycles. The van der Waals surface area contributed by atoms with Gasteiger partial charge in [-0.1, -0.05) is 0 Å². The molecule has 2 fully saturated rings. The molecule has 1 aromatic heterocycles. The summed E-state index contributed by atoms with van der Waals surface area (Å²) >= 11 is 3.70. The van der Waals surface area contributed by atoms with Gasteiger partial charge in [-0.25, -0.2) is 0 Å². The second kappa shape index (κ2) is 5.11. The predicted molar refractivity (Wildman–Crippen MR) is 81.5 cm³/mol. The van der Waals surface area contributed by atoms with E-state index in [0.29, 0.717) is 0 Å². The molecule has 5 heteroatoms. The summed E-state index contributed by atoms with van der Waals surface area (Å²) in [5, 5.41) is 7.64. The van der Waals surface area contributed by atoms with Crippen molar-refractivity contribution in [3.63, 3.8) is 0 Å². The molecule has 0 aliphatic carbocycles. The minimum absolute atomic E-state index is 0.0618. The summed E-state index contributed by atoms with van der Waals surface area (Å²) in [6.45, 7) is 5.12. The maximum absolute atomic E-state index is 12.4. The Morgan fingerprint density at radius 3 is 3.05 bits per heavy atom. The second-order valence-corrected chi connectivity index (χ2v) is 8.18. The molecule has 0 bridgehead atoms. The van der Waals surface area contributed by atoms with Crippen molar-refractivity contribution in [2.24, 2.45) is 0 Å². The van der Waals surface area contributed by atoms with E-state index in [2.05, 4.69) is 29.1 Å². The first kappa shape index (κ1) is 13.5.